The standard InChI is InChI=1S/C21H28N4O/c1-4-16(3)22-21(26)18-11-13-25(14-12-18)20-10-9-19(23-24-20)17-7-5-15(2)6-8-17/h5-10,16,18H,4,11-14H2,1-3H3,(H,22,26)/t16-/m0/s1. The fraction of sp³-hybridized carbons (Fsp3) is 0.476. The number of benzene rings is 1. The molecule has 1 saturated heterocycles. The highest BCUT2D eigenvalue weighted by Gasteiger charge is 2.26. The highest BCUT2D eigenvalue weighted by Crippen LogP contribution is 2.24. The molecule has 3 rings (SSSR count). The smallest absolute Gasteiger partial charge is 0.223 e. The number of carbonyl (C=O) groups excluding carboxylic acids is 1. The number of aryl methyl sites for hydroxylation is 1. The summed E-state index contributed by atoms with van der Waals surface area (Å²) in [7, 11) is 0. The molecule has 2 aromatic rings. The monoisotopic (exact) mass is 352 g/mol. The lowest BCUT2D eigenvalue weighted by Gasteiger charge is -2.32. The maximum atomic E-state index is 12.3. The van der Waals surface area contributed by atoms with Gasteiger partial charge in [-0.2, -0.15) is 0 Å². The molecule has 1 aromatic carbocycles. The minimum absolute atomic E-state index is 0.111. The van der Waals surface area contributed by atoms with Crippen molar-refractivity contribution >= 4 is 11.7 Å². The van der Waals surface area contributed by atoms with Crippen LogP contribution < -0.4 is 10.2 Å². The van der Waals surface area contributed by atoms with Crippen LogP contribution in [0.15, 0.2) is 36.4 Å². The van der Waals surface area contributed by atoms with Gasteiger partial charge in [-0.05, 0) is 45.2 Å². The average Bonchev–Trinajstić information content (AvgIpc) is 2.68. The Hall–Kier alpha value is -2.43. The number of anilines is 1. The molecule has 1 amide bonds. The Kier molecular flexibility index (Phi) is 5.86. The first-order chi connectivity index (χ1) is 12.6. The van der Waals surface area contributed by atoms with Crippen LogP contribution in [0.25, 0.3) is 11.3 Å². The Morgan fingerprint density at radius 2 is 1.85 bits per heavy atom. The maximum absolute atomic E-state index is 12.3. The molecule has 0 aliphatic carbocycles. The molecule has 0 unspecified atom stereocenters. The number of nitrogens with zero attached hydrogens (tertiary/aromatic N) is 3. The van der Waals surface area contributed by atoms with Crippen molar-refractivity contribution in [2.24, 2.45) is 5.92 Å². The summed E-state index contributed by atoms with van der Waals surface area (Å²) < 4.78 is 0. The first-order valence-electron chi connectivity index (χ1n) is 9.53. The van der Waals surface area contributed by atoms with Crippen molar-refractivity contribution in [1.29, 1.82) is 0 Å². The summed E-state index contributed by atoms with van der Waals surface area (Å²) in [5.74, 6) is 1.20. The number of carbonyl (C=O) groups is 1. The highest BCUT2D eigenvalue weighted by atomic mass is 16.1. The summed E-state index contributed by atoms with van der Waals surface area (Å²) in [6.07, 6.45) is 2.70. The minimum Gasteiger partial charge on any atom is -0.355 e. The zero-order valence-electron chi connectivity index (χ0n) is 15.9. The maximum Gasteiger partial charge on any atom is 0.223 e. The summed E-state index contributed by atoms with van der Waals surface area (Å²) in [4.78, 5) is 14.5. The van der Waals surface area contributed by atoms with E-state index in [-0.39, 0.29) is 17.9 Å². The molecule has 1 aliphatic heterocycles. The van der Waals surface area contributed by atoms with E-state index >= 15 is 0 Å². The second kappa shape index (κ2) is 8.30. The molecule has 1 fully saturated rings. The number of amides is 1. The van der Waals surface area contributed by atoms with Crippen LogP contribution >= 0.6 is 0 Å². The Labute approximate surface area is 155 Å². The van der Waals surface area contributed by atoms with Crippen LogP contribution in [0.3, 0.4) is 0 Å². The Balaban J connectivity index is 1.58. The van der Waals surface area contributed by atoms with Gasteiger partial charge in [0, 0.05) is 30.6 Å². The zero-order valence-corrected chi connectivity index (χ0v) is 15.9. The van der Waals surface area contributed by atoms with Crippen LogP contribution in [0.4, 0.5) is 5.82 Å². The van der Waals surface area contributed by atoms with Crippen molar-refractivity contribution in [3.05, 3.63) is 42.0 Å². The van der Waals surface area contributed by atoms with E-state index in [1.165, 1.54) is 5.56 Å². The fourth-order valence-corrected chi connectivity index (χ4v) is 3.21. The van der Waals surface area contributed by atoms with Crippen molar-refractivity contribution in [1.82, 2.24) is 15.5 Å². The van der Waals surface area contributed by atoms with Crippen LogP contribution in [0.1, 0.15) is 38.7 Å². The summed E-state index contributed by atoms with van der Waals surface area (Å²) >= 11 is 0. The summed E-state index contributed by atoms with van der Waals surface area (Å²) in [6, 6.07) is 12.6. The van der Waals surface area contributed by atoms with Gasteiger partial charge in [0.1, 0.15) is 0 Å². The van der Waals surface area contributed by atoms with Crippen LogP contribution in [0, 0.1) is 12.8 Å². The lowest BCUT2D eigenvalue weighted by molar-refractivity contribution is -0.126. The molecule has 0 saturated carbocycles. The van der Waals surface area contributed by atoms with Gasteiger partial charge in [0.15, 0.2) is 5.82 Å². The second-order valence-corrected chi connectivity index (χ2v) is 7.22. The van der Waals surface area contributed by atoms with Gasteiger partial charge in [0.05, 0.1) is 5.69 Å². The van der Waals surface area contributed by atoms with E-state index in [1.807, 2.05) is 12.1 Å². The number of hydrogen-bond donors (Lipinski definition) is 1. The third kappa shape index (κ3) is 4.40. The minimum atomic E-state index is 0.111. The zero-order chi connectivity index (χ0) is 18.5. The molecular formula is C21H28N4O. The number of rotatable bonds is 5. The van der Waals surface area contributed by atoms with Gasteiger partial charge in [0.2, 0.25) is 5.91 Å². The highest BCUT2D eigenvalue weighted by molar-refractivity contribution is 5.79. The fourth-order valence-electron chi connectivity index (χ4n) is 3.21. The number of piperidine rings is 1. The predicted molar refractivity (Wildman–Crippen MR) is 105 cm³/mol. The van der Waals surface area contributed by atoms with Gasteiger partial charge in [-0.25, -0.2) is 0 Å². The van der Waals surface area contributed by atoms with Gasteiger partial charge in [-0.15, -0.1) is 10.2 Å². The molecule has 5 nitrogen and oxygen atoms in total. The molecule has 5 heteroatoms. The molecular weight excluding hydrogens is 324 g/mol. The van der Waals surface area contributed by atoms with Gasteiger partial charge in [-0.3, -0.25) is 4.79 Å². The predicted octanol–water partition coefficient (Wildman–Crippen LogP) is 3.58. The van der Waals surface area contributed by atoms with Crippen molar-refractivity contribution in [3.63, 3.8) is 0 Å². The summed E-state index contributed by atoms with van der Waals surface area (Å²) in [5.41, 5.74) is 3.20. The van der Waals surface area contributed by atoms with Crippen molar-refractivity contribution < 1.29 is 4.79 Å². The van der Waals surface area contributed by atoms with E-state index in [1.54, 1.807) is 0 Å². The van der Waals surface area contributed by atoms with E-state index in [0.717, 1.165) is 49.4 Å². The van der Waals surface area contributed by atoms with Crippen molar-refractivity contribution in [2.75, 3.05) is 18.0 Å². The normalized spacial score (nSPS) is 16.3. The van der Waals surface area contributed by atoms with E-state index < -0.39 is 0 Å². The molecule has 0 bridgehead atoms. The van der Waals surface area contributed by atoms with E-state index in [2.05, 4.69) is 65.5 Å². The second-order valence-electron chi connectivity index (χ2n) is 7.22. The Morgan fingerprint density at radius 1 is 1.15 bits per heavy atom. The third-order valence-electron chi connectivity index (χ3n) is 5.19. The molecule has 0 spiro atoms. The third-order valence-corrected chi connectivity index (χ3v) is 5.19. The lowest BCUT2D eigenvalue weighted by Crippen LogP contribution is -2.43. The number of hydrogen-bond acceptors (Lipinski definition) is 4. The van der Waals surface area contributed by atoms with E-state index in [9.17, 15) is 4.79 Å². The molecule has 1 aliphatic rings. The van der Waals surface area contributed by atoms with E-state index in [0.29, 0.717) is 0 Å². The molecule has 1 N–H and O–H groups in total. The first-order valence-corrected chi connectivity index (χ1v) is 9.53. The Morgan fingerprint density at radius 3 is 2.42 bits per heavy atom. The van der Waals surface area contributed by atoms with Gasteiger partial charge in [-0.1, -0.05) is 36.8 Å². The topological polar surface area (TPSA) is 58.1 Å². The van der Waals surface area contributed by atoms with Gasteiger partial charge < -0.3 is 10.2 Å². The Bertz CT molecular complexity index is 719. The van der Waals surface area contributed by atoms with Gasteiger partial charge >= 0.3 is 0 Å². The molecule has 26 heavy (non-hydrogen) atoms. The van der Waals surface area contributed by atoms with Crippen LogP contribution in [0.5, 0.6) is 0 Å². The van der Waals surface area contributed by atoms with Gasteiger partial charge in [0.25, 0.3) is 0 Å². The average molecular weight is 352 g/mol. The number of aromatic nitrogens is 2. The largest absolute Gasteiger partial charge is 0.355 e. The summed E-state index contributed by atoms with van der Waals surface area (Å²) in [6.45, 7) is 7.91. The van der Waals surface area contributed by atoms with Crippen molar-refractivity contribution in [2.45, 2.75) is 46.1 Å². The lowest BCUT2D eigenvalue weighted by atomic mass is 9.95. The first kappa shape index (κ1) is 18.4. The van der Waals surface area contributed by atoms with Crippen LogP contribution in [-0.2, 0) is 4.79 Å². The number of nitrogens with one attached hydrogen (secondary N) is 1. The van der Waals surface area contributed by atoms with Crippen LogP contribution in [-0.4, -0.2) is 35.2 Å². The van der Waals surface area contributed by atoms with E-state index in [4.69, 9.17) is 0 Å². The molecule has 2 heterocycles. The molecule has 1 atom stereocenters. The molecule has 0 radical (unpaired) electrons. The SMILES string of the molecule is CC[C@H](C)NC(=O)C1CCN(c2ccc(-c3ccc(C)cc3)nn2)CC1. The van der Waals surface area contributed by atoms with Crippen molar-refractivity contribution in [3.8, 4) is 11.3 Å². The molecule has 138 valence electrons. The quantitative estimate of drug-likeness (QED) is 0.893. The summed E-state index contributed by atoms with van der Waals surface area (Å²) in [5, 5.41) is 11.9. The van der Waals surface area contributed by atoms with Crippen LogP contribution in [0.2, 0.25) is 0 Å². The molecule has 1 aromatic heterocycles.